The van der Waals surface area contributed by atoms with Crippen LogP contribution in [0.15, 0.2) is 91.0 Å². The van der Waals surface area contributed by atoms with Gasteiger partial charge in [-0.25, -0.2) is 0 Å². The van der Waals surface area contributed by atoms with Crippen molar-refractivity contribution < 1.29 is 60.2 Å². The van der Waals surface area contributed by atoms with Crippen LogP contribution in [0.25, 0.3) is 0 Å². The SMILES string of the molecule is CC.CC.CC.CC(C)C.CCC.OCC(O)CSCC(O)COc1ccccc1.OCC(O)CSCC(O)COc1ccccc1.OCC(O)CSCC(O)COc1ccccc1. The van der Waals surface area contributed by atoms with E-state index in [1.807, 2.05) is 133 Å². The minimum atomic E-state index is -0.720. The summed E-state index contributed by atoms with van der Waals surface area (Å²) in [7, 11) is 0. The van der Waals surface area contributed by atoms with E-state index in [9.17, 15) is 15.3 Å². The van der Waals surface area contributed by atoms with E-state index in [1.165, 1.54) is 41.7 Å². The molecular weight excluding hydrogens is 877 g/mol. The van der Waals surface area contributed by atoms with E-state index >= 15 is 0 Å². The first-order chi connectivity index (χ1) is 30.8. The number of aliphatic hydroxyl groups excluding tert-OH is 9. The topological polar surface area (TPSA) is 210 Å². The summed E-state index contributed by atoms with van der Waals surface area (Å²) in [5, 5.41) is 81.9. The average molecular weight is 967 g/mol. The number of benzene rings is 3. The van der Waals surface area contributed by atoms with Gasteiger partial charge in [0.05, 0.1) is 56.4 Å². The molecule has 0 saturated heterocycles. The van der Waals surface area contributed by atoms with Gasteiger partial charge in [0.2, 0.25) is 0 Å². The minimum absolute atomic E-state index is 0.228. The molecule has 0 amide bonds. The number of hydrogen-bond acceptors (Lipinski definition) is 15. The van der Waals surface area contributed by atoms with Crippen molar-refractivity contribution in [1.82, 2.24) is 0 Å². The van der Waals surface area contributed by atoms with Crippen molar-refractivity contribution in [2.24, 2.45) is 5.92 Å². The van der Waals surface area contributed by atoms with E-state index in [2.05, 4.69) is 34.6 Å². The lowest BCUT2D eigenvalue weighted by Crippen LogP contribution is -2.22. The second-order valence-corrected chi connectivity index (χ2v) is 16.6. The third-order valence-electron chi connectivity index (χ3n) is 6.05. The molecule has 64 heavy (non-hydrogen) atoms. The van der Waals surface area contributed by atoms with E-state index in [1.54, 1.807) is 0 Å². The van der Waals surface area contributed by atoms with Gasteiger partial charge in [-0.15, -0.1) is 0 Å². The summed E-state index contributed by atoms with van der Waals surface area (Å²) in [6.07, 6.45) is -2.64. The third kappa shape index (κ3) is 55.9. The van der Waals surface area contributed by atoms with Crippen LogP contribution in [0.5, 0.6) is 17.2 Å². The maximum atomic E-state index is 9.61. The summed E-state index contributed by atoms with van der Waals surface area (Å²) in [5.74, 6) is 5.69. The Labute approximate surface area is 401 Å². The van der Waals surface area contributed by atoms with Crippen molar-refractivity contribution in [3.63, 3.8) is 0 Å². The molecule has 3 rings (SSSR count). The number of ether oxygens (including phenoxy) is 3. The van der Waals surface area contributed by atoms with Gasteiger partial charge >= 0.3 is 0 Å². The first-order valence-corrected chi connectivity index (χ1v) is 25.9. The monoisotopic (exact) mass is 967 g/mol. The Morgan fingerprint density at radius 1 is 0.375 bits per heavy atom. The zero-order valence-corrected chi connectivity index (χ0v) is 43.3. The molecule has 0 fully saturated rings. The van der Waals surface area contributed by atoms with Crippen molar-refractivity contribution in [1.29, 1.82) is 0 Å². The summed E-state index contributed by atoms with van der Waals surface area (Å²) in [6.45, 7) is 22.7. The van der Waals surface area contributed by atoms with Crippen LogP contribution in [0.4, 0.5) is 0 Å². The van der Waals surface area contributed by atoms with E-state index in [-0.39, 0.29) is 39.6 Å². The van der Waals surface area contributed by atoms with Gasteiger partial charge in [-0.05, 0) is 42.3 Å². The van der Waals surface area contributed by atoms with Crippen molar-refractivity contribution in [3.8, 4) is 17.2 Å². The smallest absolute Gasteiger partial charge is 0.119 e. The first-order valence-electron chi connectivity index (χ1n) is 22.5. The number of rotatable bonds is 24. The molecule has 6 atom stereocenters. The molecule has 376 valence electrons. The molecule has 0 bridgehead atoms. The number of hydrogen-bond donors (Lipinski definition) is 9. The van der Waals surface area contributed by atoms with E-state index in [0.29, 0.717) is 34.5 Å². The van der Waals surface area contributed by atoms with Gasteiger partial charge in [-0.2, -0.15) is 35.3 Å². The fraction of sp³-hybridized carbons (Fsp3) is 0.633. The highest BCUT2D eigenvalue weighted by atomic mass is 32.2. The van der Waals surface area contributed by atoms with Crippen LogP contribution < -0.4 is 14.2 Å². The van der Waals surface area contributed by atoms with Crippen molar-refractivity contribution >= 4 is 35.3 Å². The molecular formula is C49H90O12S3. The summed E-state index contributed by atoms with van der Waals surface area (Å²) in [5.41, 5.74) is 0. The Hall–Kier alpha value is -2.25. The zero-order chi connectivity index (χ0) is 49.8. The fourth-order valence-corrected chi connectivity index (χ4v) is 6.10. The molecule has 0 aliphatic carbocycles. The van der Waals surface area contributed by atoms with Crippen LogP contribution in [-0.4, -0.2) is 157 Å². The molecule has 3 aromatic carbocycles. The molecule has 15 heteroatoms. The summed E-state index contributed by atoms with van der Waals surface area (Å²) < 4.78 is 16.1. The number of aliphatic hydroxyl groups is 9. The van der Waals surface area contributed by atoms with Crippen molar-refractivity contribution in [3.05, 3.63) is 91.0 Å². The van der Waals surface area contributed by atoms with Gasteiger partial charge in [0.25, 0.3) is 0 Å². The second kappa shape index (κ2) is 56.9. The van der Waals surface area contributed by atoms with Crippen LogP contribution in [0.2, 0.25) is 0 Å². The predicted molar refractivity (Wildman–Crippen MR) is 276 cm³/mol. The van der Waals surface area contributed by atoms with Gasteiger partial charge in [0.1, 0.15) is 37.1 Å². The molecule has 0 radical (unpaired) electrons. The molecule has 0 saturated carbocycles. The standard InChI is InChI=1S/3C12H18O4S.C4H10.C3H8.3C2H6/c3*13-6-10(14)8-17-9-11(15)7-16-12-4-2-1-3-5-12;1-4(2)3;1-3-2;3*1-2/h3*1-5,10-11,13-15H,6-9H2;4H,1-3H3;3H2,1-2H3;3*1-2H3. The van der Waals surface area contributed by atoms with Crippen LogP contribution in [0.3, 0.4) is 0 Å². The maximum absolute atomic E-state index is 9.61. The van der Waals surface area contributed by atoms with Crippen LogP contribution in [0, 0.1) is 5.92 Å². The Morgan fingerprint density at radius 2 is 0.547 bits per heavy atom. The van der Waals surface area contributed by atoms with Crippen molar-refractivity contribution in [2.45, 2.75) is 119 Å². The average Bonchev–Trinajstić information content (AvgIpc) is 3.32. The Bertz CT molecular complexity index is 1090. The highest BCUT2D eigenvalue weighted by molar-refractivity contribution is 7.99. The van der Waals surface area contributed by atoms with Gasteiger partial charge in [-0.1, -0.05) is 137 Å². The Balaban J connectivity index is -0.000000239. The largest absolute Gasteiger partial charge is 0.491 e. The van der Waals surface area contributed by atoms with Gasteiger partial charge in [-0.3, -0.25) is 0 Å². The molecule has 3 aromatic rings. The van der Waals surface area contributed by atoms with Crippen LogP contribution in [0.1, 0.15) is 82.6 Å². The molecule has 9 N–H and O–H groups in total. The third-order valence-corrected chi connectivity index (χ3v) is 9.77. The quantitative estimate of drug-likeness (QED) is 0.0422. The van der Waals surface area contributed by atoms with E-state index in [4.69, 9.17) is 44.8 Å². The number of thioether (sulfide) groups is 3. The first kappa shape index (κ1) is 70.8. The second-order valence-electron chi connectivity index (χ2n) is 13.4. The highest BCUT2D eigenvalue weighted by Gasteiger charge is 2.10. The van der Waals surface area contributed by atoms with Gasteiger partial charge < -0.3 is 60.2 Å². The highest BCUT2D eigenvalue weighted by Crippen LogP contribution is 2.13. The molecule has 0 spiro atoms. The molecule has 0 aromatic heterocycles. The van der Waals surface area contributed by atoms with Crippen LogP contribution >= 0.6 is 35.3 Å². The lowest BCUT2D eigenvalue weighted by molar-refractivity contribution is 0.112. The summed E-state index contributed by atoms with van der Waals surface area (Å²) in [6, 6.07) is 27.9. The Kier molecular flexibility index (Phi) is 62.9. The van der Waals surface area contributed by atoms with E-state index in [0.717, 1.165) is 23.2 Å². The van der Waals surface area contributed by atoms with Gasteiger partial charge in [0, 0.05) is 34.5 Å². The van der Waals surface area contributed by atoms with Crippen molar-refractivity contribution in [2.75, 3.05) is 74.2 Å². The maximum Gasteiger partial charge on any atom is 0.119 e. The summed E-state index contributed by atoms with van der Waals surface area (Å²) in [4.78, 5) is 0. The normalized spacial score (nSPS) is 12.5. The Morgan fingerprint density at radius 3 is 0.719 bits per heavy atom. The van der Waals surface area contributed by atoms with Gasteiger partial charge in [0.15, 0.2) is 0 Å². The molecule has 0 aliphatic rings. The lowest BCUT2D eigenvalue weighted by Gasteiger charge is -2.13. The molecule has 12 nitrogen and oxygen atoms in total. The predicted octanol–water partition coefficient (Wildman–Crippen LogP) is 7.70. The summed E-state index contributed by atoms with van der Waals surface area (Å²) >= 11 is 4.17. The minimum Gasteiger partial charge on any atom is -0.491 e. The zero-order valence-electron chi connectivity index (χ0n) is 40.9. The van der Waals surface area contributed by atoms with Crippen LogP contribution in [-0.2, 0) is 0 Å². The lowest BCUT2D eigenvalue weighted by atomic mass is 10.3. The molecule has 0 heterocycles. The molecule has 6 unspecified atom stereocenters. The fourth-order valence-electron chi connectivity index (χ4n) is 3.45. The molecule has 0 aliphatic heterocycles. The number of para-hydroxylation sites is 3. The van der Waals surface area contributed by atoms with E-state index < -0.39 is 36.6 Å².